The summed E-state index contributed by atoms with van der Waals surface area (Å²) < 4.78 is 41.3. The number of carbonyl (C=O) groups excluding carboxylic acids is 1. The lowest BCUT2D eigenvalue weighted by atomic mass is 9.98. The number of urea groups is 1. The maximum absolute atomic E-state index is 12.5. The lowest BCUT2D eigenvalue weighted by molar-refractivity contribution is -0.274. The molecule has 3 aromatic carbocycles. The molecular weight excluding hydrogens is 497 g/mol. The number of anilines is 3. The van der Waals surface area contributed by atoms with Crippen LogP contribution < -0.4 is 20.8 Å². The molecule has 0 atom stereocenters. The topological polar surface area (TPSA) is 72.1 Å². The predicted octanol–water partition coefficient (Wildman–Crippen LogP) is 6.29. The van der Waals surface area contributed by atoms with Crippen LogP contribution in [0.1, 0.15) is 25.3 Å². The first-order chi connectivity index (χ1) is 18.3. The number of hydrogen-bond acceptors (Lipinski definition) is 6. The summed E-state index contributed by atoms with van der Waals surface area (Å²) >= 11 is 0. The molecule has 8 nitrogen and oxygen atoms in total. The van der Waals surface area contributed by atoms with Crippen LogP contribution in [-0.4, -0.2) is 47.3 Å². The van der Waals surface area contributed by atoms with E-state index in [2.05, 4.69) is 55.1 Å². The van der Waals surface area contributed by atoms with Crippen LogP contribution in [0.15, 0.2) is 66.7 Å². The third-order valence-corrected chi connectivity index (χ3v) is 6.48. The first-order valence-corrected chi connectivity index (χ1v) is 12.5. The quantitative estimate of drug-likeness (QED) is 0.336. The van der Waals surface area contributed by atoms with Gasteiger partial charge < -0.3 is 20.8 Å². The maximum atomic E-state index is 12.5. The first-order valence-electron chi connectivity index (χ1n) is 12.5. The Kier molecular flexibility index (Phi) is 7.41. The van der Waals surface area contributed by atoms with E-state index in [0.29, 0.717) is 5.69 Å². The van der Waals surface area contributed by atoms with Gasteiger partial charge in [-0.1, -0.05) is 30.3 Å². The molecule has 0 saturated carbocycles. The van der Waals surface area contributed by atoms with Gasteiger partial charge in [0, 0.05) is 42.6 Å². The minimum Gasteiger partial charge on any atom is -0.406 e. The van der Waals surface area contributed by atoms with Crippen molar-refractivity contribution in [3.05, 3.63) is 72.3 Å². The molecule has 2 aliphatic heterocycles. The third-order valence-electron chi connectivity index (χ3n) is 6.48. The minimum atomic E-state index is -4.81. The molecule has 3 aromatic rings. The summed E-state index contributed by atoms with van der Waals surface area (Å²) in [6, 6.07) is 18.2. The first kappa shape index (κ1) is 25.8. The molecule has 1 fully saturated rings. The third kappa shape index (κ3) is 6.01. The molecule has 0 aromatic heterocycles. The Bertz CT molecular complexity index is 1280. The summed E-state index contributed by atoms with van der Waals surface area (Å²) in [5, 5.41) is 12.0. The van der Waals surface area contributed by atoms with Crippen molar-refractivity contribution in [3.8, 4) is 16.9 Å². The highest BCUT2D eigenvalue weighted by molar-refractivity contribution is 6.00. The number of hydrazine groups is 3. The van der Waals surface area contributed by atoms with Crippen molar-refractivity contribution in [2.24, 2.45) is 0 Å². The Hall–Kier alpha value is -3.80. The lowest BCUT2D eigenvalue weighted by Gasteiger charge is -2.37. The van der Waals surface area contributed by atoms with Crippen LogP contribution in [0.4, 0.5) is 35.0 Å². The predicted molar refractivity (Wildman–Crippen MR) is 140 cm³/mol. The molecule has 0 unspecified atom stereocenters. The van der Waals surface area contributed by atoms with Crippen LogP contribution >= 0.6 is 0 Å². The number of halogens is 3. The zero-order chi connectivity index (χ0) is 26.7. The number of nitrogens with one attached hydrogen (secondary N) is 3. The van der Waals surface area contributed by atoms with Gasteiger partial charge in [-0.3, -0.25) is 0 Å². The second-order valence-electron chi connectivity index (χ2n) is 9.08. The normalized spacial score (nSPS) is 15.8. The summed E-state index contributed by atoms with van der Waals surface area (Å²) in [5.41, 5.74) is 8.64. The van der Waals surface area contributed by atoms with Crippen LogP contribution in [0.5, 0.6) is 5.75 Å². The minimum absolute atomic E-state index is 0.174. The summed E-state index contributed by atoms with van der Waals surface area (Å²) in [5.74, 6) is -0.411. The molecule has 2 aliphatic rings. The van der Waals surface area contributed by atoms with Gasteiger partial charge in [0.1, 0.15) is 5.75 Å². The smallest absolute Gasteiger partial charge is 0.406 e. The standard InChI is InChI=1S/C27H29F3N6O2/c1-2-36(34-15-3-4-16-34)35-18-24-23(9-6-10-25(24)33-35)19-11-13-20(14-12-19)31-26(37)32-21-7-5-8-22(17-21)38-27(28,29)30/h5-14,17,33H,2-4,15-16,18H2,1H3,(H2,31,32,37). The molecule has 5 rings (SSSR count). The molecule has 1 saturated heterocycles. The van der Waals surface area contributed by atoms with Gasteiger partial charge in [-0.25, -0.2) is 9.80 Å². The van der Waals surface area contributed by atoms with Crippen molar-refractivity contribution in [3.63, 3.8) is 0 Å². The van der Waals surface area contributed by atoms with Crippen LogP contribution in [0.2, 0.25) is 0 Å². The molecule has 200 valence electrons. The van der Waals surface area contributed by atoms with Crippen LogP contribution in [0, 0.1) is 0 Å². The van der Waals surface area contributed by atoms with Crippen molar-refractivity contribution < 1.29 is 22.7 Å². The lowest BCUT2D eigenvalue weighted by Crippen LogP contribution is -2.52. The highest BCUT2D eigenvalue weighted by Crippen LogP contribution is 2.36. The number of amides is 2. The molecule has 38 heavy (non-hydrogen) atoms. The van der Waals surface area contributed by atoms with Crippen molar-refractivity contribution in [1.82, 2.24) is 15.2 Å². The van der Waals surface area contributed by atoms with Gasteiger partial charge in [0.05, 0.1) is 12.2 Å². The van der Waals surface area contributed by atoms with E-state index in [-0.39, 0.29) is 5.69 Å². The Balaban J connectivity index is 1.24. The molecule has 2 heterocycles. The largest absolute Gasteiger partial charge is 0.573 e. The van der Waals surface area contributed by atoms with E-state index >= 15 is 0 Å². The Morgan fingerprint density at radius 3 is 2.42 bits per heavy atom. The second kappa shape index (κ2) is 10.9. The number of fused-ring (bicyclic) bond motifs is 1. The number of alkyl halides is 3. The van der Waals surface area contributed by atoms with Crippen LogP contribution in [0.25, 0.3) is 11.1 Å². The van der Waals surface area contributed by atoms with E-state index in [1.165, 1.54) is 30.5 Å². The Morgan fingerprint density at radius 1 is 1.00 bits per heavy atom. The monoisotopic (exact) mass is 526 g/mol. The highest BCUT2D eigenvalue weighted by Gasteiger charge is 2.31. The fraction of sp³-hybridized carbons (Fsp3) is 0.296. The number of nitrogens with zero attached hydrogens (tertiary/aromatic N) is 3. The zero-order valence-corrected chi connectivity index (χ0v) is 20.9. The molecule has 0 bridgehead atoms. The fourth-order valence-corrected chi connectivity index (χ4v) is 4.85. The summed E-state index contributed by atoms with van der Waals surface area (Å²) in [7, 11) is 0. The van der Waals surface area contributed by atoms with E-state index in [0.717, 1.165) is 55.1 Å². The second-order valence-corrected chi connectivity index (χ2v) is 9.08. The van der Waals surface area contributed by atoms with Crippen molar-refractivity contribution in [2.75, 3.05) is 35.7 Å². The molecule has 0 aliphatic carbocycles. The average molecular weight is 527 g/mol. The summed E-state index contributed by atoms with van der Waals surface area (Å²) in [4.78, 5) is 12.4. The van der Waals surface area contributed by atoms with E-state index in [9.17, 15) is 18.0 Å². The molecule has 11 heteroatoms. The number of hydrogen-bond donors (Lipinski definition) is 3. The Labute approximate surface area is 218 Å². The van der Waals surface area contributed by atoms with Gasteiger partial charge in [0.2, 0.25) is 0 Å². The number of carbonyl (C=O) groups is 1. The molecule has 0 spiro atoms. The fourth-order valence-electron chi connectivity index (χ4n) is 4.85. The van der Waals surface area contributed by atoms with E-state index in [4.69, 9.17) is 0 Å². The Morgan fingerprint density at radius 2 is 1.71 bits per heavy atom. The number of rotatable bonds is 7. The molecule has 0 radical (unpaired) electrons. The van der Waals surface area contributed by atoms with E-state index < -0.39 is 18.1 Å². The van der Waals surface area contributed by atoms with E-state index in [1.807, 2.05) is 18.2 Å². The van der Waals surface area contributed by atoms with Gasteiger partial charge in [-0.15, -0.1) is 18.3 Å². The van der Waals surface area contributed by atoms with Crippen molar-refractivity contribution in [2.45, 2.75) is 32.7 Å². The van der Waals surface area contributed by atoms with Gasteiger partial charge >= 0.3 is 12.4 Å². The van der Waals surface area contributed by atoms with Crippen LogP contribution in [0.3, 0.4) is 0 Å². The van der Waals surface area contributed by atoms with Crippen molar-refractivity contribution in [1.29, 1.82) is 0 Å². The van der Waals surface area contributed by atoms with E-state index in [1.54, 1.807) is 12.1 Å². The highest BCUT2D eigenvalue weighted by atomic mass is 19.4. The van der Waals surface area contributed by atoms with Gasteiger partial charge in [0.25, 0.3) is 0 Å². The summed E-state index contributed by atoms with van der Waals surface area (Å²) in [6.07, 6.45) is -2.39. The SMILES string of the molecule is CCN(N1CCCC1)N1Cc2c(cccc2-c2ccc(NC(=O)Nc3cccc(OC(F)(F)F)c3)cc2)N1. The number of ether oxygens (including phenoxy) is 1. The van der Waals surface area contributed by atoms with Crippen LogP contribution in [-0.2, 0) is 6.54 Å². The summed E-state index contributed by atoms with van der Waals surface area (Å²) in [6.45, 7) is 5.88. The van der Waals surface area contributed by atoms with Gasteiger partial charge in [-0.2, -0.15) is 5.12 Å². The zero-order valence-electron chi connectivity index (χ0n) is 20.9. The molecule has 2 amide bonds. The van der Waals surface area contributed by atoms with Gasteiger partial charge in [-0.05, 0) is 61.2 Å². The molecular formula is C27H29F3N6O2. The molecule has 3 N–H and O–H groups in total. The number of benzene rings is 3. The van der Waals surface area contributed by atoms with Crippen molar-refractivity contribution >= 4 is 23.1 Å². The van der Waals surface area contributed by atoms with Gasteiger partial charge in [0.15, 0.2) is 0 Å². The average Bonchev–Trinajstić information content (AvgIpc) is 3.55. The maximum Gasteiger partial charge on any atom is 0.573 e.